The molecule has 0 heterocycles. The third-order valence-electron chi connectivity index (χ3n) is 0.936. The third kappa shape index (κ3) is 4.01. The molecule has 0 aliphatic rings. The molecule has 0 fully saturated rings. The van der Waals surface area contributed by atoms with Gasteiger partial charge in [-0.05, 0) is 12.8 Å². The summed E-state index contributed by atoms with van der Waals surface area (Å²) in [5.41, 5.74) is -0.219. The molecule has 0 aliphatic heterocycles. The molecule has 0 saturated carbocycles. The second-order valence-electron chi connectivity index (χ2n) is 1.76. The van der Waals surface area contributed by atoms with Gasteiger partial charge >= 0.3 is 6.09 Å². The van der Waals surface area contributed by atoms with Crippen molar-refractivity contribution >= 4 is 29.2 Å². The van der Waals surface area contributed by atoms with Gasteiger partial charge in [-0.3, -0.25) is 10.7 Å². The van der Waals surface area contributed by atoms with Crippen LogP contribution in [0.25, 0.3) is 4.85 Å². The molecule has 1 amide bonds. The molecule has 0 unspecified atom stereocenters. The Morgan fingerprint density at radius 1 is 1.85 bits per heavy atom. The molecular weight excluding hydrogens is 190 g/mol. The van der Waals surface area contributed by atoms with E-state index in [1.807, 2.05) is 0 Å². The van der Waals surface area contributed by atoms with Crippen LogP contribution in [0, 0.1) is 12.0 Å². The van der Waals surface area contributed by atoms with Crippen molar-refractivity contribution < 1.29 is 9.53 Å². The van der Waals surface area contributed by atoms with Crippen molar-refractivity contribution in [2.75, 3.05) is 6.61 Å². The maximum absolute atomic E-state index is 10.8. The summed E-state index contributed by atoms with van der Waals surface area (Å²) in [6.45, 7) is 8.42. The fourth-order valence-corrected chi connectivity index (χ4v) is 0.635. The number of hydrogen-bond acceptors (Lipinski definition) is 4. The van der Waals surface area contributed by atoms with Crippen molar-refractivity contribution in [3.63, 3.8) is 0 Å². The summed E-state index contributed by atoms with van der Waals surface area (Å²) in [4.78, 5) is 13.5. The molecule has 68 valence electrons. The first-order valence-corrected chi connectivity index (χ1v) is 3.71. The molecule has 6 heteroatoms. The van der Waals surface area contributed by atoms with Crippen LogP contribution in [0.3, 0.4) is 0 Å². The van der Waals surface area contributed by atoms with Crippen LogP contribution < -0.4 is 5.32 Å². The van der Waals surface area contributed by atoms with Crippen LogP contribution in [0.1, 0.15) is 6.92 Å². The van der Waals surface area contributed by atoms with Crippen molar-refractivity contribution in [3.05, 3.63) is 17.1 Å². The quantitative estimate of drug-likeness (QED) is 0.301. The van der Waals surface area contributed by atoms with Crippen molar-refractivity contribution in [1.82, 2.24) is 5.32 Å². The maximum Gasteiger partial charge on any atom is 0.411 e. The van der Waals surface area contributed by atoms with E-state index in [2.05, 4.69) is 27.1 Å². The minimum Gasteiger partial charge on any atom is -0.450 e. The van der Waals surface area contributed by atoms with E-state index >= 15 is 0 Å². The number of carbonyl (C=O) groups excluding carboxylic acids is 1. The average Bonchev–Trinajstić information content (AvgIpc) is 2.06. The van der Waals surface area contributed by atoms with E-state index in [9.17, 15) is 4.79 Å². The second-order valence-corrected chi connectivity index (χ2v) is 2.17. The SMILES string of the molecule is [C-]#[N+]C(=C=N)C(=S)NC(=O)OCC. The number of carbonyl (C=O) groups is 1. The van der Waals surface area contributed by atoms with Gasteiger partial charge in [0.1, 0.15) is 4.99 Å². The molecule has 0 radical (unpaired) electrons. The first-order valence-electron chi connectivity index (χ1n) is 3.31. The Bertz CT molecular complexity index is 312. The van der Waals surface area contributed by atoms with Crippen molar-refractivity contribution in [2.24, 2.45) is 0 Å². The number of hydrogen-bond donors (Lipinski definition) is 2. The first-order chi connectivity index (χ1) is 6.15. The number of alkyl carbamates (subject to hydrolysis) is 1. The number of thiocarbonyl (C=S) groups is 1. The Labute approximate surface area is 80.7 Å². The van der Waals surface area contributed by atoms with Crippen molar-refractivity contribution in [1.29, 1.82) is 5.41 Å². The van der Waals surface area contributed by atoms with Gasteiger partial charge in [-0.15, -0.1) is 0 Å². The molecule has 0 rings (SSSR count). The van der Waals surface area contributed by atoms with Crippen LogP contribution in [0.15, 0.2) is 5.70 Å². The van der Waals surface area contributed by atoms with E-state index in [0.29, 0.717) is 0 Å². The van der Waals surface area contributed by atoms with Crippen LogP contribution in [-0.4, -0.2) is 23.6 Å². The van der Waals surface area contributed by atoms with E-state index in [4.69, 9.17) is 12.0 Å². The van der Waals surface area contributed by atoms with Crippen LogP contribution in [0.5, 0.6) is 0 Å². The normalized spacial score (nSPS) is 7.69. The minimum atomic E-state index is -0.732. The fraction of sp³-hybridized carbons (Fsp3) is 0.286. The highest BCUT2D eigenvalue weighted by molar-refractivity contribution is 7.80. The van der Waals surface area contributed by atoms with E-state index in [1.54, 1.807) is 12.8 Å². The van der Waals surface area contributed by atoms with Crippen molar-refractivity contribution in [3.8, 4) is 0 Å². The predicted octanol–water partition coefficient (Wildman–Crippen LogP) is 1.11. The number of nitrogens with zero attached hydrogens (tertiary/aromatic N) is 1. The third-order valence-corrected chi connectivity index (χ3v) is 1.23. The Kier molecular flexibility index (Phi) is 5.12. The molecular formula is C7H7N3O2S. The molecule has 0 aromatic heterocycles. The van der Waals surface area contributed by atoms with Gasteiger partial charge in [0.15, 0.2) is 0 Å². The monoisotopic (exact) mass is 197 g/mol. The lowest BCUT2D eigenvalue weighted by Gasteiger charge is -2.03. The van der Waals surface area contributed by atoms with E-state index in [-0.39, 0.29) is 17.3 Å². The summed E-state index contributed by atoms with van der Waals surface area (Å²) in [5.74, 6) is 1.80. The van der Waals surface area contributed by atoms with Gasteiger partial charge in [0.05, 0.1) is 13.2 Å². The lowest BCUT2D eigenvalue weighted by atomic mass is 10.5. The number of amides is 1. The van der Waals surface area contributed by atoms with Gasteiger partial charge in [0.2, 0.25) is 0 Å². The lowest BCUT2D eigenvalue weighted by Crippen LogP contribution is -2.30. The molecule has 0 bridgehead atoms. The topological polar surface area (TPSA) is 66.5 Å². The average molecular weight is 197 g/mol. The molecule has 0 aromatic rings. The molecule has 0 aliphatic carbocycles. The Morgan fingerprint density at radius 2 is 2.46 bits per heavy atom. The number of ether oxygens (including phenoxy) is 1. The molecule has 2 N–H and O–H groups in total. The standard InChI is InChI=1S/C7H7N3O2S/c1-3-12-7(11)10-6(13)5(4-8)9-2/h8H,3H2,1H3,(H,10,11,13). The van der Waals surface area contributed by atoms with Gasteiger partial charge < -0.3 is 4.74 Å². The summed E-state index contributed by atoms with van der Waals surface area (Å²) in [7, 11) is 0. The second kappa shape index (κ2) is 5.89. The summed E-state index contributed by atoms with van der Waals surface area (Å²) < 4.78 is 4.51. The first kappa shape index (κ1) is 11.3. The Morgan fingerprint density at radius 3 is 2.85 bits per heavy atom. The molecule has 0 spiro atoms. The zero-order valence-electron chi connectivity index (χ0n) is 6.88. The van der Waals surface area contributed by atoms with Crippen LogP contribution >= 0.6 is 12.2 Å². The molecule has 0 atom stereocenters. The predicted molar refractivity (Wildman–Crippen MR) is 50.6 cm³/mol. The Balaban J connectivity index is 4.25. The minimum absolute atomic E-state index is 0.150. The van der Waals surface area contributed by atoms with Crippen LogP contribution in [0.2, 0.25) is 0 Å². The fourth-order valence-electron chi connectivity index (χ4n) is 0.455. The highest BCUT2D eigenvalue weighted by Gasteiger charge is 2.08. The Hall–Kier alpha value is -1.70. The van der Waals surface area contributed by atoms with Gasteiger partial charge in [-0.2, -0.15) is 0 Å². The molecule has 13 heavy (non-hydrogen) atoms. The maximum atomic E-state index is 10.8. The summed E-state index contributed by atoms with van der Waals surface area (Å²) in [6.07, 6.45) is -0.732. The van der Waals surface area contributed by atoms with Crippen molar-refractivity contribution in [2.45, 2.75) is 6.92 Å². The van der Waals surface area contributed by atoms with Gasteiger partial charge in [0.25, 0.3) is 5.70 Å². The lowest BCUT2D eigenvalue weighted by molar-refractivity contribution is 0.158. The summed E-state index contributed by atoms with van der Waals surface area (Å²) in [6, 6.07) is 0. The van der Waals surface area contributed by atoms with Gasteiger partial charge in [-0.1, -0.05) is 12.2 Å². The summed E-state index contributed by atoms with van der Waals surface area (Å²) in [5, 5.41) is 8.78. The zero-order chi connectivity index (χ0) is 10.3. The number of rotatable bonds is 2. The zero-order valence-corrected chi connectivity index (χ0v) is 7.70. The number of nitrogens with one attached hydrogen (secondary N) is 2. The smallest absolute Gasteiger partial charge is 0.411 e. The highest BCUT2D eigenvalue weighted by Crippen LogP contribution is 1.93. The van der Waals surface area contributed by atoms with E-state index < -0.39 is 6.09 Å². The van der Waals surface area contributed by atoms with E-state index in [0.717, 1.165) is 0 Å². The van der Waals surface area contributed by atoms with Gasteiger partial charge in [-0.25, -0.2) is 9.64 Å². The van der Waals surface area contributed by atoms with Crippen LogP contribution in [-0.2, 0) is 4.74 Å². The van der Waals surface area contributed by atoms with Gasteiger partial charge in [0, 0.05) is 0 Å². The molecule has 0 aromatic carbocycles. The largest absolute Gasteiger partial charge is 0.450 e. The molecule has 5 nitrogen and oxygen atoms in total. The van der Waals surface area contributed by atoms with Crippen LogP contribution in [0.4, 0.5) is 4.79 Å². The molecule has 0 saturated heterocycles. The van der Waals surface area contributed by atoms with E-state index in [1.165, 1.54) is 0 Å². The summed E-state index contributed by atoms with van der Waals surface area (Å²) >= 11 is 4.62. The highest BCUT2D eigenvalue weighted by atomic mass is 32.1.